The average molecular weight is 456 g/mol. The van der Waals surface area contributed by atoms with Gasteiger partial charge in [-0.3, -0.25) is 4.99 Å². The van der Waals surface area contributed by atoms with Crippen molar-refractivity contribution in [2.45, 2.75) is 33.1 Å². The second-order valence-electron chi connectivity index (χ2n) is 7.32. The van der Waals surface area contributed by atoms with Gasteiger partial charge in [0.25, 0.3) is 0 Å². The van der Waals surface area contributed by atoms with Crippen molar-refractivity contribution in [1.82, 2.24) is 10.2 Å². The van der Waals surface area contributed by atoms with Crippen LogP contribution in [0.3, 0.4) is 0 Å². The molecule has 2 aliphatic heterocycles. The van der Waals surface area contributed by atoms with Gasteiger partial charge in [-0.25, -0.2) is 0 Å². The number of nitrogens with one attached hydrogen (secondary N) is 1. The van der Waals surface area contributed by atoms with Crippen molar-refractivity contribution >= 4 is 35.6 Å². The predicted octanol–water partition coefficient (Wildman–Crippen LogP) is 3.83. The summed E-state index contributed by atoms with van der Waals surface area (Å²) in [5.41, 5.74) is 1.35. The molecule has 0 spiro atoms. The third kappa shape index (κ3) is 5.76. The molecule has 25 heavy (non-hydrogen) atoms. The van der Waals surface area contributed by atoms with Crippen LogP contribution in [-0.2, 0) is 0 Å². The summed E-state index contributed by atoms with van der Waals surface area (Å²) >= 11 is 0. The SMILES string of the molecule is CCNC(=NCC1CCN(c2ccccc2)C1)N1CCCC(C)C1.I. The summed E-state index contributed by atoms with van der Waals surface area (Å²) < 4.78 is 0. The summed E-state index contributed by atoms with van der Waals surface area (Å²) in [6.07, 6.45) is 3.88. The fourth-order valence-electron chi connectivity index (χ4n) is 3.88. The lowest BCUT2D eigenvalue weighted by atomic mass is 10.0. The standard InChI is InChI=1S/C20H32N4.HI/c1-3-21-20(24-12-7-8-17(2)15-24)22-14-18-11-13-23(16-18)19-9-5-4-6-10-19;/h4-6,9-10,17-18H,3,7-8,11-16H2,1-2H3,(H,21,22);1H. The monoisotopic (exact) mass is 456 g/mol. The Bertz CT molecular complexity index is 534. The van der Waals surface area contributed by atoms with Crippen LogP contribution in [0.25, 0.3) is 0 Å². The van der Waals surface area contributed by atoms with E-state index in [2.05, 4.69) is 59.3 Å². The van der Waals surface area contributed by atoms with Crippen molar-refractivity contribution in [2.75, 3.05) is 44.2 Å². The van der Waals surface area contributed by atoms with E-state index in [0.29, 0.717) is 5.92 Å². The van der Waals surface area contributed by atoms with Crippen LogP contribution in [0.1, 0.15) is 33.1 Å². The quantitative estimate of drug-likeness (QED) is 0.425. The molecule has 2 saturated heterocycles. The molecule has 0 aliphatic carbocycles. The van der Waals surface area contributed by atoms with E-state index in [-0.39, 0.29) is 24.0 Å². The summed E-state index contributed by atoms with van der Waals surface area (Å²) in [5, 5.41) is 3.50. The van der Waals surface area contributed by atoms with Crippen molar-refractivity contribution < 1.29 is 0 Å². The topological polar surface area (TPSA) is 30.9 Å². The number of halogens is 1. The second-order valence-corrected chi connectivity index (χ2v) is 7.32. The smallest absolute Gasteiger partial charge is 0.193 e. The number of aliphatic imine (C=N–C) groups is 1. The summed E-state index contributed by atoms with van der Waals surface area (Å²) in [6, 6.07) is 10.8. The molecule has 0 radical (unpaired) electrons. The van der Waals surface area contributed by atoms with Gasteiger partial charge in [-0.1, -0.05) is 25.1 Å². The molecule has 0 saturated carbocycles. The van der Waals surface area contributed by atoms with Gasteiger partial charge in [-0.05, 0) is 50.2 Å². The lowest BCUT2D eigenvalue weighted by molar-refractivity contribution is 0.265. The zero-order valence-electron chi connectivity index (χ0n) is 15.7. The molecule has 0 amide bonds. The normalized spacial score (nSPS) is 24.2. The van der Waals surface area contributed by atoms with Crippen LogP contribution in [0.2, 0.25) is 0 Å². The number of hydrogen-bond acceptors (Lipinski definition) is 2. The van der Waals surface area contributed by atoms with Gasteiger partial charge in [0, 0.05) is 45.0 Å². The van der Waals surface area contributed by atoms with Crippen molar-refractivity contribution in [3.8, 4) is 0 Å². The molecule has 5 heteroatoms. The minimum atomic E-state index is 0. The Morgan fingerprint density at radius 2 is 1.96 bits per heavy atom. The first-order chi connectivity index (χ1) is 11.8. The molecule has 2 unspecified atom stereocenters. The highest BCUT2D eigenvalue weighted by atomic mass is 127. The molecule has 1 aromatic rings. The third-order valence-corrected chi connectivity index (χ3v) is 5.20. The van der Waals surface area contributed by atoms with Crippen LogP contribution in [0.4, 0.5) is 5.69 Å². The van der Waals surface area contributed by atoms with Crippen molar-refractivity contribution in [1.29, 1.82) is 0 Å². The van der Waals surface area contributed by atoms with E-state index < -0.39 is 0 Å². The number of guanidine groups is 1. The van der Waals surface area contributed by atoms with Gasteiger partial charge in [-0.2, -0.15) is 0 Å². The van der Waals surface area contributed by atoms with Crippen LogP contribution in [0.5, 0.6) is 0 Å². The molecule has 2 atom stereocenters. The largest absolute Gasteiger partial charge is 0.371 e. The van der Waals surface area contributed by atoms with E-state index in [1.54, 1.807) is 0 Å². The van der Waals surface area contributed by atoms with Crippen LogP contribution >= 0.6 is 24.0 Å². The number of benzene rings is 1. The van der Waals surface area contributed by atoms with E-state index in [1.807, 2.05) is 0 Å². The first-order valence-corrected chi connectivity index (χ1v) is 9.59. The molecule has 2 heterocycles. The Hall–Kier alpha value is -0.980. The molecule has 2 fully saturated rings. The van der Waals surface area contributed by atoms with Crippen molar-refractivity contribution in [3.05, 3.63) is 30.3 Å². The van der Waals surface area contributed by atoms with Gasteiger partial charge in [0.1, 0.15) is 0 Å². The minimum Gasteiger partial charge on any atom is -0.371 e. The summed E-state index contributed by atoms with van der Waals surface area (Å²) in [5.74, 6) is 2.57. The minimum absolute atomic E-state index is 0. The molecule has 3 rings (SSSR count). The highest BCUT2D eigenvalue weighted by molar-refractivity contribution is 14.0. The van der Waals surface area contributed by atoms with E-state index in [1.165, 1.54) is 24.9 Å². The van der Waals surface area contributed by atoms with Gasteiger partial charge < -0.3 is 15.1 Å². The molecule has 140 valence electrons. The van der Waals surface area contributed by atoms with Gasteiger partial charge in [0.2, 0.25) is 0 Å². The second kappa shape index (κ2) is 10.2. The van der Waals surface area contributed by atoms with E-state index >= 15 is 0 Å². The maximum absolute atomic E-state index is 4.99. The number of piperidine rings is 1. The van der Waals surface area contributed by atoms with Crippen molar-refractivity contribution in [2.24, 2.45) is 16.8 Å². The highest BCUT2D eigenvalue weighted by Gasteiger charge is 2.24. The molecule has 0 aromatic heterocycles. The Morgan fingerprint density at radius 1 is 1.16 bits per heavy atom. The van der Waals surface area contributed by atoms with Crippen LogP contribution < -0.4 is 10.2 Å². The van der Waals surface area contributed by atoms with Crippen LogP contribution in [0.15, 0.2) is 35.3 Å². The van der Waals surface area contributed by atoms with E-state index in [9.17, 15) is 0 Å². The van der Waals surface area contributed by atoms with Crippen LogP contribution in [0, 0.1) is 11.8 Å². The number of nitrogens with zero attached hydrogens (tertiary/aromatic N) is 3. The molecule has 1 N–H and O–H groups in total. The number of likely N-dealkylation sites (tertiary alicyclic amines) is 1. The number of anilines is 1. The number of rotatable bonds is 4. The maximum Gasteiger partial charge on any atom is 0.193 e. The maximum atomic E-state index is 4.99. The molecule has 4 nitrogen and oxygen atoms in total. The summed E-state index contributed by atoms with van der Waals surface area (Å²) in [4.78, 5) is 9.94. The highest BCUT2D eigenvalue weighted by Crippen LogP contribution is 2.24. The Balaban J connectivity index is 0.00000225. The van der Waals surface area contributed by atoms with Gasteiger partial charge >= 0.3 is 0 Å². The van der Waals surface area contributed by atoms with Gasteiger partial charge in [-0.15, -0.1) is 24.0 Å². The summed E-state index contributed by atoms with van der Waals surface area (Å²) in [6.45, 7) is 11.0. The fraction of sp³-hybridized carbons (Fsp3) is 0.650. The third-order valence-electron chi connectivity index (χ3n) is 5.20. The lowest BCUT2D eigenvalue weighted by Gasteiger charge is -2.33. The molecule has 2 aliphatic rings. The lowest BCUT2D eigenvalue weighted by Crippen LogP contribution is -2.46. The number of hydrogen-bond donors (Lipinski definition) is 1. The fourth-order valence-corrected chi connectivity index (χ4v) is 3.88. The first-order valence-electron chi connectivity index (χ1n) is 9.59. The number of para-hydroxylation sites is 1. The van der Waals surface area contributed by atoms with Gasteiger partial charge in [0.15, 0.2) is 5.96 Å². The Kier molecular flexibility index (Phi) is 8.33. The Labute approximate surface area is 170 Å². The molecular weight excluding hydrogens is 423 g/mol. The average Bonchev–Trinajstić information content (AvgIpc) is 3.08. The summed E-state index contributed by atoms with van der Waals surface area (Å²) in [7, 11) is 0. The Morgan fingerprint density at radius 3 is 2.68 bits per heavy atom. The zero-order valence-corrected chi connectivity index (χ0v) is 18.0. The van der Waals surface area contributed by atoms with Crippen molar-refractivity contribution in [3.63, 3.8) is 0 Å². The molecule has 1 aromatic carbocycles. The zero-order chi connectivity index (χ0) is 16.8. The van der Waals surface area contributed by atoms with E-state index in [0.717, 1.165) is 51.1 Å². The van der Waals surface area contributed by atoms with Crippen LogP contribution in [-0.4, -0.2) is 50.1 Å². The predicted molar refractivity (Wildman–Crippen MR) is 118 cm³/mol. The first kappa shape index (κ1) is 20.3. The van der Waals surface area contributed by atoms with Gasteiger partial charge in [0.05, 0.1) is 0 Å². The molecule has 0 bridgehead atoms. The van der Waals surface area contributed by atoms with E-state index in [4.69, 9.17) is 4.99 Å². The molecular formula is C20H33IN4.